The molecule has 5 rings (SSSR count). The molecule has 0 radical (unpaired) electrons. The average Bonchev–Trinajstić information content (AvgIpc) is 2.70. The van der Waals surface area contributed by atoms with Crippen molar-refractivity contribution in [2.24, 2.45) is 5.92 Å². The van der Waals surface area contributed by atoms with E-state index in [9.17, 15) is 9.18 Å². The van der Waals surface area contributed by atoms with Crippen LogP contribution < -0.4 is 10.4 Å². The molecule has 2 aromatic rings. The second-order valence-electron chi connectivity index (χ2n) is 7.95. The highest BCUT2D eigenvalue weighted by molar-refractivity contribution is 6.30. The smallest absolute Gasteiger partial charge is 0.412 e. The van der Waals surface area contributed by atoms with E-state index in [2.05, 4.69) is 12.4 Å². The third-order valence-electron chi connectivity index (χ3n) is 5.84. The van der Waals surface area contributed by atoms with Crippen molar-refractivity contribution < 1.29 is 28.3 Å². The average molecular weight is 435 g/mol. The number of benzene rings is 2. The molecule has 6 nitrogen and oxygen atoms in total. The lowest BCUT2D eigenvalue weighted by atomic mass is 9.84. The van der Waals surface area contributed by atoms with Crippen LogP contribution >= 0.6 is 11.6 Å². The number of quaternary nitrogens is 1. The highest BCUT2D eigenvalue weighted by Gasteiger charge is 2.45. The largest absolute Gasteiger partial charge is 0.554 e. The molecule has 0 aliphatic carbocycles. The lowest BCUT2D eigenvalue weighted by Crippen LogP contribution is -2.62. The fraction of sp³-hybridized carbons (Fsp3) is 0.364. The van der Waals surface area contributed by atoms with E-state index < -0.39 is 12.6 Å². The number of rotatable bonds is 3. The van der Waals surface area contributed by atoms with Gasteiger partial charge in [-0.05, 0) is 35.9 Å². The van der Waals surface area contributed by atoms with E-state index in [0.717, 1.165) is 42.5 Å². The zero-order valence-corrected chi connectivity index (χ0v) is 17.4. The number of carbonyl (C=O) groups excluding carboxylic acids is 2. The monoisotopic (exact) mass is 434 g/mol. The van der Waals surface area contributed by atoms with Crippen LogP contribution in [0.5, 0.6) is 0 Å². The lowest BCUT2D eigenvalue weighted by molar-refractivity contribution is -0.928. The number of hydrogen-bond donors (Lipinski definition) is 1. The third kappa shape index (κ3) is 5.29. The third-order valence-corrected chi connectivity index (χ3v) is 6.07. The summed E-state index contributed by atoms with van der Waals surface area (Å²) in [7, 11) is 2.22. The van der Waals surface area contributed by atoms with Crippen LogP contribution in [0, 0.1) is 11.7 Å². The Morgan fingerprint density at radius 1 is 1.27 bits per heavy atom. The van der Waals surface area contributed by atoms with Gasteiger partial charge in [-0.2, -0.15) is 0 Å². The van der Waals surface area contributed by atoms with E-state index in [1.807, 2.05) is 6.07 Å². The Balaban J connectivity index is 0.000000806. The minimum absolute atomic E-state index is 0.0624. The SMILES string of the molecule is C[N+]12CCC(CC1)C(OC(=O)Nc1ccc(F)cc1-c1cccc(Cl)c1)C2.O=C[O-]. The maximum atomic E-state index is 13.8. The predicted octanol–water partition coefficient (Wildman–Crippen LogP) is 3.30. The summed E-state index contributed by atoms with van der Waals surface area (Å²) in [6.45, 7) is 2.68. The molecule has 0 saturated carbocycles. The fourth-order valence-electron chi connectivity index (χ4n) is 4.28. The Kier molecular flexibility index (Phi) is 6.95. The Hall–Kier alpha value is -2.64. The molecular formula is C22H24ClFN2O4. The Labute approximate surface area is 179 Å². The molecule has 1 atom stereocenters. The van der Waals surface area contributed by atoms with Gasteiger partial charge in [-0.25, -0.2) is 9.18 Å². The maximum Gasteiger partial charge on any atom is 0.412 e. The van der Waals surface area contributed by atoms with Crippen molar-refractivity contribution in [3.63, 3.8) is 0 Å². The molecule has 3 saturated heterocycles. The van der Waals surface area contributed by atoms with Crippen LogP contribution in [0.4, 0.5) is 14.9 Å². The van der Waals surface area contributed by atoms with Crippen LogP contribution in [0.2, 0.25) is 5.02 Å². The van der Waals surface area contributed by atoms with E-state index in [-0.39, 0.29) is 11.9 Å². The number of anilines is 1. The summed E-state index contributed by atoms with van der Waals surface area (Å²) < 4.78 is 20.5. The van der Waals surface area contributed by atoms with Gasteiger partial charge >= 0.3 is 6.09 Å². The zero-order valence-electron chi connectivity index (χ0n) is 16.6. The van der Waals surface area contributed by atoms with Gasteiger partial charge < -0.3 is 19.1 Å². The van der Waals surface area contributed by atoms with Crippen molar-refractivity contribution >= 4 is 29.9 Å². The summed E-state index contributed by atoms with van der Waals surface area (Å²) in [4.78, 5) is 20.8. The van der Waals surface area contributed by atoms with E-state index >= 15 is 0 Å². The highest BCUT2D eigenvalue weighted by atomic mass is 35.5. The molecule has 8 heteroatoms. The first-order valence-electron chi connectivity index (χ1n) is 9.76. The molecule has 160 valence electrons. The standard InChI is InChI=1S/C21H22ClFN2O2.CH2O2/c1-25-9-7-14(8-10-25)20(13-25)27-21(26)24-19-6-5-17(23)12-18(19)15-3-2-4-16(22)11-15;2-1-3/h2-6,11-12,14,20H,7-10,13H2,1H3;1H,(H,2,3). The summed E-state index contributed by atoms with van der Waals surface area (Å²) >= 11 is 6.06. The number of nitrogens with zero attached hydrogens (tertiary/aromatic N) is 1. The van der Waals surface area contributed by atoms with Crippen molar-refractivity contribution in [3.05, 3.63) is 53.3 Å². The zero-order chi connectivity index (χ0) is 21.7. The van der Waals surface area contributed by atoms with E-state index in [4.69, 9.17) is 26.2 Å². The number of carboxylic acid groups (broad SMARTS) is 1. The second-order valence-corrected chi connectivity index (χ2v) is 8.39. The molecule has 3 fully saturated rings. The summed E-state index contributed by atoms with van der Waals surface area (Å²) in [5.41, 5.74) is 1.81. The number of amides is 1. The first kappa shape index (κ1) is 22.1. The number of carbonyl (C=O) groups is 2. The molecule has 30 heavy (non-hydrogen) atoms. The van der Waals surface area contributed by atoms with Gasteiger partial charge in [0.05, 0.1) is 25.8 Å². The van der Waals surface area contributed by atoms with Crippen LogP contribution in [0.25, 0.3) is 11.1 Å². The Morgan fingerprint density at radius 2 is 1.97 bits per heavy atom. The molecule has 2 aromatic carbocycles. The van der Waals surface area contributed by atoms with E-state index in [1.165, 1.54) is 12.1 Å². The van der Waals surface area contributed by atoms with E-state index in [1.54, 1.807) is 24.3 Å². The van der Waals surface area contributed by atoms with Gasteiger partial charge in [-0.1, -0.05) is 23.7 Å². The molecule has 0 aromatic heterocycles. The molecule has 3 heterocycles. The highest BCUT2D eigenvalue weighted by Crippen LogP contribution is 2.35. The van der Waals surface area contributed by atoms with Crippen molar-refractivity contribution in [3.8, 4) is 11.1 Å². The van der Waals surface area contributed by atoms with Gasteiger partial charge in [0.15, 0.2) is 6.10 Å². The van der Waals surface area contributed by atoms with Crippen LogP contribution in [-0.4, -0.2) is 49.8 Å². The first-order valence-corrected chi connectivity index (χ1v) is 10.1. The summed E-state index contributed by atoms with van der Waals surface area (Å²) in [5.74, 6) is 0.0648. The normalized spacial score (nSPS) is 24.4. The molecular weight excluding hydrogens is 411 g/mol. The van der Waals surface area contributed by atoms with Gasteiger partial charge in [0, 0.05) is 35.8 Å². The summed E-state index contributed by atoms with van der Waals surface area (Å²) in [6, 6.07) is 11.4. The summed E-state index contributed by atoms with van der Waals surface area (Å²) in [5, 5.41) is 11.6. The first-order chi connectivity index (χ1) is 14.3. The number of likely N-dealkylation sites (N-methyl/N-ethyl adjacent to an activating group) is 1. The predicted molar refractivity (Wildman–Crippen MR) is 110 cm³/mol. The lowest BCUT2D eigenvalue weighted by Gasteiger charge is -2.49. The van der Waals surface area contributed by atoms with Gasteiger partial charge in [0.1, 0.15) is 12.4 Å². The van der Waals surface area contributed by atoms with Crippen molar-refractivity contribution in [1.29, 1.82) is 0 Å². The Bertz CT molecular complexity index is 916. The molecule has 1 N–H and O–H groups in total. The van der Waals surface area contributed by atoms with Crippen LogP contribution in [0.1, 0.15) is 12.8 Å². The minimum atomic E-state index is -0.500. The van der Waals surface area contributed by atoms with Crippen molar-refractivity contribution in [1.82, 2.24) is 0 Å². The van der Waals surface area contributed by atoms with Crippen LogP contribution in [0.3, 0.4) is 0 Å². The molecule has 0 spiro atoms. The topological polar surface area (TPSA) is 78.5 Å². The number of ether oxygens (including phenoxy) is 1. The van der Waals surface area contributed by atoms with Crippen LogP contribution in [-0.2, 0) is 9.53 Å². The molecule has 1 unspecified atom stereocenters. The fourth-order valence-corrected chi connectivity index (χ4v) is 4.47. The molecule has 1 amide bonds. The maximum absolute atomic E-state index is 13.8. The minimum Gasteiger partial charge on any atom is -0.554 e. The van der Waals surface area contributed by atoms with Gasteiger partial charge in [-0.3, -0.25) is 5.32 Å². The number of piperidine rings is 3. The quantitative estimate of drug-likeness (QED) is 0.594. The summed E-state index contributed by atoms with van der Waals surface area (Å²) in [6.07, 6.45) is 1.64. The van der Waals surface area contributed by atoms with Crippen molar-refractivity contribution in [2.75, 3.05) is 32.0 Å². The van der Waals surface area contributed by atoms with Gasteiger partial charge in [-0.15, -0.1) is 0 Å². The van der Waals surface area contributed by atoms with Crippen LogP contribution in [0.15, 0.2) is 42.5 Å². The number of hydrogen-bond acceptors (Lipinski definition) is 4. The number of fused-ring (bicyclic) bond motifs is 3. The molecule has 3 aliphatic rings. The molecule has 3 aliphatic heterocycles. The van der Waals surface area contributed by atoms with Gasteiger partial charge in [0.25, 0.3) is 0 Å². The van der Waals surface area contributed by atoms with Gasteiger partial charge in [0.2, 0.25) is 0 Å². The number of nitrogens with one attached hydrogen (secondary N) is 1. The Morgan fingerprint density at radius 3 is 2.60 bits per heavy atom. The van der Waals surface area contributed by atoms with E-state index in [0.29, 0.717) is 22.2 Å². The van der Waals surface area contributed by atoms with Crippen molar-refractivity contribution in [2.45, 2.75) is 18.9 Å². The second kappa shape index (κ2) is 9.45. The molecule has 2 bridgehead atoms. The number of halogens is 2.